The van der Waals surface area contributed by atoms with Crippen LogP contribution in [-0.4, -0.2) is 51.2 Å². The molecule has 142 valence electrons. The number of pyridine rings is 2. The average molecular weight is 367 g/mol. The second kappa shape index (κ2) is 9.23. The fourth-order valence-electron chi connectivity index (χ4n) is 2.76. The molecule has 3 aromatic rings. The molecule has 0 aliphatic heterocycles. The predicted molar refractivity (Wildman–Crippen MR) is 103 cm³/mol. The van der Waals surface area contributed by atoms with Crippen LogP contribution in [0, 0.1) is 6.92 Å². The summed E-state index contributed by atoms with van der Waals surface area (Å²) in [6.45, 7) is 9.99. The summed E-state index contributed by atoms with van der Waals surface area (Å²) < 4.78 is 10.8. The second-order valence-corrected chi connectivity index (χ2v) is 6.17. The third-order valence-electron chi connectivity index (χ3n) is 4.33. The van der Waals surface area contributed by atoms with E-state index in [9.17, 15) is 0 Å². The van der Waals surface area contributed by atoms with Gasteiger partial charge in [-0.15, -0.1) is 0 Å². The van der Waals surface area contributed by atoms with E-state index in [2.05, 4.69) is 38.9 Å². The number of aryl methyl sites for hydroxylation is 1. The van der Waals surface area contributed by atoms with E-state index in [4.69, 9.17) is 9.26 Å². The zero-order chi connectivity index (χ0) is 19.1. The highest BCUT2D eigenvalue weighted by Crippen LogP contribution is 2.22. The molecule has 3 rings (SSSR count). The molecule has 0 aliphatic rings. The van der Waals surface area contributed by atoms with E-state index in [0.717, 1.165) is 48.8 Å². The number of hydrogen-bond acceptors (Lipinski definition) is 7. The molecular formula is C20H25N5O2. The molecule has 0 saturated carbocycles. The van der Waals surface area contributed by atoms with Crippen LogP contribution in [0.3, 0.4) is 0 Å². The minimum atomic E-state index is 0.531. The molecule has 0 aliphatic carbocycles. The summed E-state index contributed by atoms with van der Waals surface area (Å²) in [6.07, 6.45) is 4.45. The lowest BCUT2D eigenvalue weighted by molar-refractivity contribution is 0.249. The fraction of sp³-hybridized carbons (Fsp3) is 0.400. The zero-order valence-corrected chi connectivity index (χ0v) is 16.1. The lowest BCUT2D eigenvalue weighted by Crippen LogP contribution is -2.25. The molecule has 0 aromatic carbocycles. The molecule has 0 saturated heterocycles. The Morgan fingerprint density at radius 2 is 1.93 bits per heavy atom. The molecule has 0 bridgehead atoms. The summed E-state index contributed by atoms with van der Waals surface area (Å²) in [7, 11) is 0. The average Bonchev–Trinajstić information content (AvgIpc) is 3.15. The summed E-state index contributed by atoms with van der Waals surface area (Å²) in [6, 6.07) is 7.58. The maximum absolute atomic E-state index is 5.79. The maximum Gasteiger partial charge on any atom is 0.223 e. The van der Waals surface area contributed by atoms with Crippen molar-refractivity contribution >= 4 is 0 Å². The Bertz CT molecular complexity index is 844. The van der Waals surface area contributed by atoms with Gasteiger partial charge in [0.15, 0.2) is 0 Å². The van der Waals surface area contributed by atoms with Crippen LogP contribution >= 0.6 is 0 Å². The van der Waals surface area contributed by atoms with Crippen molar-refractivity contribution in [2.75, 3.05) is 26.2 Å². The Labute approximate surface area is 159 Å². The van der Waals surface area contributed by atoms with E-state index in [0.29, 0.717) is 18.3 Å². The van der Waals surface area contributed by atoms with Crippen molar-refractivity contribution in [3.05, 3.63) is 42.5 Å². The highest BCUT2D eigenvalue weighted by Gasteiger charge is 2.09. The van der Waals surface area contributed by atoms with Crippen LogP contribution in [0.25, 0.3) is 22.8 Å². The Morgan fingerprint density at radius 3 is 2.59 bits per heavy atom. The summed E-state index contributed by atoms with van der Waals surface area (Å²) in [5.41, 5.74) is 2.37. The Hall–Kier alpha value is -2.80. The van der Waals surface area contributed by atoms with Crippen LogP contribution < -0.4 is 4.74 Å². The summed E-state index contributed by atoms with van der Waals surface area (Å²) in [4.78, 5) is 15.5. The van der Waals surface area contributed by atoms with Crippen molar-refractivity contribution in [2.45, 2.75) is 27.2 Å². The third kappa shape index (κ3) is 5.10. The maximum atomic E-state index is 5.79. The van der Waals surface area contributed by atoms with Gasteiger partial charge in [-0.05, 0) is 43.8 Å². The fourth-order valence-corrected chi connectivity index (χ4v) is 2.76. The topological polar surface area (TPSA) is 77.2 Å². The lowest BCUT2D eigenvalue weighted by atomic mass is 10.1. The van der Waals surface area contributed by atoms with Gasteiger partial charge in [0.25, 0.3) is 0 Å². The van der Waals surface area contributed by atoms with E-state index < -0.39 is 0 Å². The van der Waals surface area contributed by atoms with Crippen LogP contribution in [0.5, 0.6) is 5.75 Å². The number of hydrogen-bond donors (Lipinski definition) is 0. The molecule has 3 heterocycles. The molecule has 27 heavy (non-hydrogen) atoms. The first-order chi connectivity index (χ1) is 13.2. The summed E-state index contributed by atoms with van der Waals surface area (Å²) >= 11 is 0. The quantitative estimate of drug-likeness (QED) is 0.535. The molecule has 7 heteroatoms. The summed E-state index contributed by atoms with van der Waals surface area (Å²) in [5, 5.41) is 3.94. The highest BCUT2D eigenvalue weighted by molar-refractivity contribution is 5.64. The Balaban J connectivity index is 1.60. The summed E-state index contributed by atoms with van der Waals surface area (Å²) in [5.74, 6) is 1.84. The van der Waals surface area contributed by atoms with Crippen LogP contribution in [-0.2, 0) is 0 Å². The Morgan fingerprint density at radius 1 is 1.07 bits per heavy atom. The van der Waals surface area contributed by atoms with Gasteiger partial charge in [0.2, 0.25) is 11.7 Å². The molecule has 0 N–H and O–H groups in total. The van der Waals surface area contributed by atoms with Crippen molar-refractivity contribution in [3.8, 4) is 28.5 Å². The van der Waals surface area contributed by atoms with Gasteiger partial charge in [0, 0.05) is 25.2 Å². The van der Waals surface area contributed by atoms with E-state index in [-0.39, 0.29) is 0 Å². The molecule has 3 aromatic heterocycles. The van der Waals surface area contributed by atoms with Gasteiger partial charge < -0.3 is 14.2 Å². The molecule has 0 amide bonds. The third-order valence-corrected chi connectivity index (χ3v) is 4.33. The predicted octanol–water partition coefficient (Wildman–Crippen LogP) is 3.61. The molecule has 0 radical (unpaired) electrons. The SMILES string of the molecule is CCN(CC)CCCOc1ccc(-c2cc(-c3noc(C)n3)ccn2)nc1. The molecular weight excluding hydrogens is 342 g/mol. The van der Waals surface area contributed by atoms with Crippen molar-refractivity contribution in [1.29, 1.82) is 0 Å². The van der Waals surface area contributed by atoms with Crippen molar-refractivity contribution in [1.82, 2.24) is 25.0 Å². The number of rotatable bonds is 9. The molecule has 0 fully saturated rings. The van der Waals surface area contributed by atoms with Crippen molar-refractivity contribution in [3.63, 3.8) is 0 Å². The van der Waals surface area contributed by atoms with Gasteiger partial charge in [0.1, 0.15) is 5.75 Å². The molecule has 0 unspecified atom stereocenters. The Kier molecular flexibility index (Phi) is 6.49. The van der Waals surface area contributed by atoms with E-state index in [1.165, 1.54) is 0 Å². The van der Waals surface area contributed by atoms with E-state index >= 15 is 0 Å². The van der Waals surface area contributed by atoms with Crippen LogP contribution in [0.2, 0.25) is 0 Å². The van der Waals surface area contributed by atoms with Crippen LogP contribution in [0.4, 0.5) is 0 Å². The highest BCUT2D eigenvalue weighted by atomic mass is 16.5. The molecule has 0 spiro atoms. The minimum absolute atomic E-state index is 0.531. The number of nitrogens with zero attached hydrogens (tertiary/aromatic N) is 5. The lowest BCUT2D eigenvalue weighted by Gasteiger charge is -2.17. The largest absolute Gasteiger partial charge is 0.492 e. The monoisotopic (exact) mass is 367 g/mol. The van der Waals surface area contributed by atoms with Gasteiger partial charge in [-0.25, -0.2) is 0 Å². The first-order valence-electron chi connectivity index (χ1n) is 9.28. The van der Waals surface area contributed by atoms with Crippen LogP contribution in [0.15, 0.2) is 41.2 Å². The van der Waals surface area contributed by atoms with Gasteiger partial charge in [-0.2, -0.15) is 4.98 Å². The normalized spacial score (nSPS) is 11.1. The molecule has 7 nitrogen and oxygen atoms in total. The molecule has 0 atom stereocenters. The first kappa shape index (κ1) is 19.0. The zero-order valence-electron chi connectivity index (χ0n) is 16.1. The van der Waals surface area contributed by atoms with Crippen molar-refractivity contribution < 1.29 is 9.26 Å². The van der Waals surface area contributed by atoms with Crippen LogP contribution in [0.1, 0.15) is 26.2 Å². The first-order valence-corrected chi connectivity index (χ1v) is 9.28. The van der Waals surface area contributed by atoms with Gasteiger partial charge in [0.05, 0.1) is 24.2 Å². The minimum Gasteiger partial charge on any atom is -0.492 e. The van der Waals surface area contributed by atoms with Gasteiger partial charge >= 0.3 is 0 Å². The van der Waals surface area contributed by atoms with Crippen molar-refractivity contribution in [2.24, 2.45) is 0 Å². The second-order valence-electron chi connectivity index (χ2n) is 6.17. The standard InChI is InChI=1S/C20H25N5O2/c1-4-25(5-2)11-6-12-26-17-7-8-18(22-14-17)19-13-16(9-10-21-19)20-23-15(3)27-24-20/h7-10,13-14H,4-6,11-12H2,1-3H3. The van der Waals surface area contributed by atoms with E-state index in [1.54, 1.807) is 19.3 Å². The number of ether oxygens (including phenoxy) is 1. The van der Waals surface area contributed by atoms with Gasteiger partial charge in [-0.1, -0.05) is 19.0 Å². The van der Waals surface area contributed by atoms with E-state index in [1.807, 2.05) is 24.3 Å². The number of aromatic nitrogens is 4. The smallest absolute Gasteiger partial charge is 0.223 e. The van der Waals surface area contributed by atoms with Gasteiger partial charge in [-0.3, -0.25) is 9.97 Å².